The topological polar surface area (TPSA) is 119 Å². The smallest absolute Gasteiger partial charge is 0.323 e. The summed E-state index contributed by atoms with van der Waals surface area (Å²) in [5.41, 5.74) is 0. The van der Waals surface area contributed by atoms with Crippen LogP contribution in [0.1, 0.15) is 59.6 Å². The fourth-order valence-corrected chi connectivity index (χ4v) is 4.25. The first-order valence-corrected chi connectivity index (χ1v) is 10.2. The lowest BCUT2D eigenvalue weighted by Gasteiger charge is -2.42. The SMILES string of the molecule is [2H][C@@]1(C(=O)O[C@H](C)CCOC(C)=O)C[C@H]2C[C@@H](CCc3nn[nH]n3)CC[C@H]2CN1. The summed E-state index contributed by atoms with van der Waals surface area (Å²) in [4.78, 5) is 23.5. The predicted molar refractivity (Wildman–Crippen MR) is 100 cm³/mol. The van der Waals surface area contributed by atoms with Gasteiger partial charge in [0.1, 0.15) is 12.1 Å². The van der Waals surface area contributed by atoms with Crippen molar-refractivity contribution in [3.63, 3.8) is 0 Å². The fraction of sp³-hybridized carbons (Fsp3) is 0.842. The van der Waals surface area contributed by atoms with Crippen LogP contribution >= 0.6 is 0 Å². The monoisotopic (exact) mass is 394 g/mol. The van der Waals surface area contributed by atoms with E-state index in [0.29, 0.717) is 37.1 Å². The standard InChI is InChI=1S/C19H31N5O4/c1-12(7-8-27-13(2)25)28-19(26)17-10-16-9-14(3-5-15(16)11-20-17)4-6-18-21-23-24-22-18/h12,14-17,20H,3-11H2,1-2H3,(H,21,22,23,24)/t12-,14-,15+,16-,17+/m1/s1/i17D. The first-order valence-electron chi connectivity index (χ1n) is 10.7. The van der Waals surface area contributed by atoms with Crippen LogP contribution in [0.4, 0.5) is 0 Å². The minimum Gasteiger partial charge on any atom is -0.466 e. The van der Waals surface area contributed by atoms with Crippen molar-refractivity contribution in [3.05, 3.63) is 5.82 Å². The molecule has 1 saturated heterocycles. The summed E-state index contributed by atoms with van der Waals surface area (Å²) in [5.74, 6) is 1.23. The van der Waals surface area contributed by atoms with Gasteiger partial charge >= 0.3 is 11.9 Å². The zero-order valence-corrected chi connectivity index (χ0v) is 16.6. The van der Waals surface area contributed by atoms with Crippen LogP contribution < -0.4 is 5.32 Å². The van der Waals surface area contributed by atoms with Crippen LogP contribution in [-0.4, -0.2) is 57.8 Å². The number of nitrogens with one attached hydrogen (secondary N) is 2. The quantitative estimate of drug-likeness (QED) is 0.635. The molecule has 1 aromatic rings. The molecule has 1 saturated carbocycles. The number of aromatic amines is 1. The summed E-state index contributed by atoms with van der Waals surface area (Å²) in [6, 6.07) is -1.41. The number of fused-ring (bicyclic) bond motifs is 1. The summed E-state index contributed by atoms with van der Waals surface area (Å²) in [6.07, 6.45) is 5.56. The highest BCUT2D eigenvalue weighted by Crippen LogP contribution is 2.40. The second-order valence-corrected chi connectivity index (χ2v) is 7.97. The number of aromatic nitrogens is 4. The average molecular weight is 394 g/mol. The highest BCUT2D eigenvalue weighted by Gasteiger charge is 2.38. The number of ether oxygens (including phenoxy) is 2. The van der Waals surface area contributed by atoms with E-state index in [1.165, 1.54) is 6.92 Å². The molecule has 9 nitrogen and oxygen atoms in total. The minimum absolute atomic E-state index is 0.203. The number of carbonyl (C=O) groups excluding carboxylic acids is 2. The Morgan fingerprint density at radius 1 is 1.32 bits per heavy atom. The van der Waals surface area contributed by atoms with Crippen LogP contribution in [0.15, 0.2) is 0 Å². The van der Waals surface area contributed by atoms with Crippen LogP contribution in [0.2, 0.25) is 0 Å². The molecule has 3 rings (SSSR count). The molecule has 0 aromatic carbocycles. The number of H-pyrrole nitrogens is 1. The van der Waals surface area contributed by atoms with Crippen molar-refractivity contribution in [2.24, 2.45) is 17.8 Å². The van der Waals surface area contributed by atoms with Gasteiger partial charge in [-0.3, -0.25) is 9.59 Å². The van der Waals surface area contributed by atoms with Gasteiger partial charge in [0.25, 0.3) is 0 Å². The molecule has 0 spiro atoms. The third kappa shape index (κ3) is 5.98. The van der Waals surface area contributed by atoms with E-state index in [0.717, 1.165) is 37.9 Å². The number of tetrazole rings is 1. The van der Waals surface area contributed by atoms with Gasteiger partial charge in [0.05, 0.1) is 7.98 Å². The fourth-order valence-electron chi connectivity index (χ4n) is 4.25. The lowest BCUT2D eigenvalue weighted by Crippen LogP contribution is -2.50. The second-order valence-electron chi connectivity index (χ2n) is 7.97. The molecule has 156 valence electrons. The van der Waals surface area contributed by atoms with Crippen LogP contribution in [0.5, 0.6) is 0 Å². The summed E-state index contributed by atoms with van der Waals surface area (Å²) < 4.78 is 19.0. The summed E-state index contributed by atoms with van der Waals surface area (Å²) in [5, 5.41) is 17.2. The number of aryl methyl sites for hydroxylation is 1. The van der Waals surface area contributed by atoms with Crippen LogP contribution in [0, 0.1) is 17.8 Å². The molecule has 2 aliphatic rings. The van der Waals surface area contributed by atoms with Gasteiger partial charge in [-0.2, -0.15) is 5.21 Å². The Morgan fingerprint density at radius 3 is 2.93 bits per heavy atom. The summed E-state index contributed by atoms with van der Waals surface area (Å²) in [7, 11) is 0. The van der Waals surface area contributed by atoms with Crippen LogP contribution in [0.3, 0.4) is 0 Å². The van der Waals surface area contributed by atoms with Gasteiger partial charge in [0.2, 0.25) is 0 Å². The van der Waals surface area contributed by atoms with Crippen molar-refractivity contribution in [1.82, 2.24) is 25.9 Å². The average Bonchev–Trinajstić information content (AvgIpc) is 3.19. The number of hydrogen-bond acceptors (Lipinski definition) is 8. The number of piperidine rings is 1. The lowest BCUT2D eigenvalue weighted by molar-refractivity contribution is -0.154. The number of rotatable bonds is 8. The zero-order valence-electron chi connectivity index (χ0n) is 17.6. The van der Waals surface area contributed by atoms with E-state index in [2.05, 4.69) is 25.9 Å². The van der Waals surface area contributed by atoms with Crippen molar-refractivity contribution in [1.29, 1.82) is 0 Å². The van der Waals surface area contributed by atoms with E-state index >= 15 is 0 Å². The van der Waals surface area contributed by atoms with E-state index in [4.69, 9.17) is 10.8 Å². The molecule has 1 aromatic heterocycles. The van der Waals surface area contributed by atoms with Crippen LogP contribution in [-0.2, 0) is 25.5 Å². The number of carbonyl (C=O) groups is 2. The van der Waals surface area contributed by atoms with E-state index in [9.17, 15) is 9.59 Å². The maximum Gasteiger partial charge on any atom is 0.323 e. The highest BCUT2D eigenvalue weighted by atomic mass is 16.6. The lowest BCUT2D eigenvalue weighted by atomic mass is 9.69. The Balaban J connectivity index is 1.48. The minimum atomic E-state index is -1.41. The van der Waals surface area contributed by atoms with Gasteiger partial charge in [0.15, 0.2) is 5.82 Å². The molecular weight excluding hydrogens is 362 g/mol. The molecule has 2 N–H and O–H groups in total. The van der Waals surface area contributed by atoms with Gasteiger partial charge in [-0.15, -0.1) is 10.2 Å². The van der Waals surface area contributed by atoms with Gasteiger partial charge in [0, 0.05) is 19.8 Å². The van der Waals surface area contributed by atoms with E-state index in [1.807, 2.05) is 0 Å². The molecule has 2 heterocycles. The largest absolute Gasteiger partial charge is 0.466 e. The first-order chi connectivity index (χ1) is 13.9. The molecule has 28 heavy (non-hydrogen) atoms. The van der Waals surface area contributed by atoms with E-state index < -0.39 is 18.1 Å². The van der Waals surface area contributed by atoms with Crippen molar-refractivity contribution < 1.29 is 20.4 Å². The van der Waals surface area contributed by atoms with Gasteiger partial charge in [-0.05, 0) is 56.9 Å². The zero-order chi connectivity index (χ0) is 20.9. The van der Waals surface area contributed by atoms with Crippen molar-refractivity contribution in [2.75, 3.05) is 13.2 Å². The Hall–Kier alpha value is -2.03. The Labute approximate surface area is 166 Å². The second kappa shape index (κ2) is 9.95. The molecule has 0 unspecified atom stereocenters. The molecular formula is C19H31N5O4. The highest BCUT2D eigenvalue weighted by molar-refractivity contribution is 5.76. The Kier molecular flexibility index (Phi) is 6.86. The molecule has 5 atom stereocenters. The third-order valence-corrected chi connectivity index (χ3v) is 5.84. The van der Waals surface area contributed by atoms with E-state index in [1.54, 1.807) is 6.92 Å². The Morgan fingerprint density at radius 2 is 2.18 bits per heavy atom. The molecule has 9 heteroatoms. The maximum atomic E-state index is 12.7. The van der Waals surface area contributed by atoms with Crippen molar-refractivity contribution >= 4 is 11.9 Å². The number of hydrogen-bond donors (Lipinski definition) is 2. The normalized spacial score (nSPS) is 31.4. The molecule has 0 radical (unpaired) electrons. The molecule has 0 amide bonds. The van der Waals surface area contributed by atoms with Crippen molar-refractivity contribution in [2.45, 2.75) is 70.9 Å². The predicted octanol–water partition coefficient (Wildman–Crippen LogP) is 1.41. The molecule has 0 bridgehead atoms. The summed E-state index contributed by atoms with van der Waals surface area (Å²) >= 11 is 0. The molecule has 1 aliphatic carbocycles. The van der Waals surface area contributed by atoms with Gasteiger partial charge in [-0.1, -0.05) is 11.6 Å². The first kappa shape index (κ1) is 19.3. The molecule has 2 fully saturated rings. The number of nitrogens with zero attached hydrogens (tertiary/aromatic N) is 3. The van der Waals surface area contributed by atoms with Crippen LogP contribution in [0.25, 0.3) is 0 Å². The van der Waals surface area contributed by atoms with Gasteiger partial charge in [-0.25, -0.2) is 0 Å². The Bertz CT molecular complexity index is 688. The third-order valence-electron chi connectivity index (χ3n) is 5.84. The van der Waals surface area contributed by atoms with E-state index in [-0.39, 0.29) is 12.6 Å². The van der Waals surface area contributed by atoms with Crippen molar-refractivity contribution in [3.8, 4) is 0 Å². The number of esters is 2. The molecule has 1 aliphatic heterocycles. The van der Waals surface area contributed by atoms with Gasteiger partial charge < -0.3 is 14.8 Å². The maximum absolute atomic E-state index is 12.7. The summed E-state index contributed by atoms with van der Waals surface area (Å²) in [6.45, 7) is 3.97.